The zero-order valence-corrected chi connectivity index (χ0v) is 9.47. The summed E-state index contributed by atoms with van der Waals surface area (Å²) in [4.78, 5) is 8.45. The number of benzene rings is 1. The molecule has 0 unspecified atom stereocenters. The topological polar surface area (TPSA) is 70.0 Å². The standard InChI is InChI=1S/C12H12N2O.H3N/c1-9-3-5-10(6-4-9)12-13-8-7-11(14-12)15-2;/h3-8H,1-2H3;1H3. The van der Waals surface area contributed by atoms with Gasteiger partial charge in [-0.15, -0.1) is 0 Å². The van der Waals surface area contributed by atoms with Crippen molar-refractivity contribution in [3.63, 3.8) is 0 Å². The van der Waals surface area contributed by atoms with Gasteiger partial charge in [0, 0.05) is 17.8 Å². The Morgan fingerprint density at radius 1 is 1.06 bits per heavy atom. The van der Waals surface area contributed by atoms with Crippen molar-refractivity contribution in [2.45, 2.75) is 6.92 Å². The molecular weight excluding hydrogens is 202 g/mol. The van der Waals surface area contributed by atoms with E-state index in [4.69, 9.17) is 4.74 Å². The summed E-state index contributed by atoms with van der Waals surface area (Å²) in [5, 5.41) is 0. The van der Waals surface area contributed by atoms with Gasteiger partial charge in [-0.25, -0.2) is 4.98 Å². The first kappa shape index (κ1) is 12.1. The molecule has 0 spiro atoms. The smallest absolute Gasteiger partial charge is 0.216 e. The third-order valence-corrected chi connectivity index (χ3v) is 2.15. The highest BCUT2D eigenvalue weighted by Crippen LogP contribution is 2.17. The van der Waals surface area contributed by atoms with Gasteiger partial charge < -0.3 is 10.9 Å². The van der Waals surface area contributed by atoms with Gasteiger partial charge in [0.2, 0.25) is 5.88 Å². The minimum atomic E-state index is 0. The summed E-state index contributed by atoms with van der Waals surface area (Å²) in [6.45, 7) is 2.05. The Morgan fingerprint density at radius 2 is 1.75 bits per heavy atom. The first-order chi connectivity index (χ1) is 7.29. The van der Waals surface area contributed by atoms with Crippen molar-refractivity contribution < 1.29 is 4.74 Å². The predicted octanol–water partition coefficient (Wildman–Crippen LogP) is 2.62. The molecule has 0 aliphatic rings. The van der Waals surface area contributed by atoms with E-state index in [-0.39, 0.29) is 6.15 Å². The number of methoxy groups -OCH3 is 1. The van der Waals surface area contributed by atoms with Crippen molar-refractivity contribution in [2.24, 2.45) is 0 Å². The van der Waals surface area contributed by atoms with E-state index >= 15 is 0 Å². The van der Waals surface area contributed by atoms with Crippen molar-refractivity contribution in [1.29, 1.82) is 0 Å². The highest BCUT2D eigenvalue weighted by atomic mass is 16.5. The lowest BCUT2D eigenvalue weighted by atomic mass is 10.1. The van der Waals surface area contributed by atoms with Gasteiger partial charge in [0.1, 0.15) is 0 Å². The molecule has 0 amide bonds. The summed E-state index contributed by atoms with van der Waals surface area (Å²) in [6, 6.07) is 9.82. The molecule has 0 bridgehead atoms. The van der Waals surface area contributed by atoms with Crippen molar-refractivity contribution in [3.8, 4) is 17.3 Å². The second-order valence-electron chi connectivity index (χ2n) is 3.29. The molecule has 4 heteroatoms. The van der Waals surface area contributed by atoms with Crippen LogP contribution in [-0.4, -0.2) is 17.1 Å². The van der Waals surface area contributed by atoms with Gasteiger partial charge in [0.05, 0.1) is 7.11 Å². The minimum absolute atomic E-state index is 0. The van der Waals surface area contributed by atoms with E-state index in [0.29, 0.717) is 11.7 Å². The second-order valence-corrected chi connectivity index (χ2v) is 3.29. The second kappa shape index (κ2) is 5.23. The Bertz CT molecular complexity index is 454. The van der Waals surface area contributed by atoms with Gasteiger partial charge in [-0.2, -0.15) is 4.98 Å². The lowest BCUT2D eigenvalue weighted by Gasteiger charge is -2.02. The molecule has 1 aromatic heterocycles. The van der Waals surface area contributed by atoms with Gasteiger partial charge >= 0.3 is 0 Å². The van der Waals surface area contributed by atoms with E-state index in [9.17, 15) is 0 Å². The molecule has 0 aliphatic heterocycles. The molecule has 4 nitrogen and oxygen atoms in total. The SMILES string of the molecule is COc1ccnc(-c2ccc(C)cc2)n1.N. The Balaban J connectivity index is 0.00000128. The van der Waals surface area contributed by atoms with Crippen LogP contribution in [0.25, 0.3) is 11.4 Å². The number of rotatable bonds is 2. The lowest BCUT2D eigenvalue weighted by Crippen LogP contribution is -1.92. The highest BCUT2D eigenvalue weighted by molar-refractivity contribution is 5.55. The number of hydrogen-bond acceptors (Lipinski definition) is 4. The van der Waals surface area contributed by atoms with Crippen LogP contribution in [-0.2, 0) is 0 Å². The van der Waals surface area contributed by atoms with Crippen molar-refractivity contribution in [3.05, 3.63) is 42.1 Å². The Morgan fingerprint density at radius 3 is 2.38 bits per heavy atom. The third kappa shape index (κ3) is 2.55. The van der Waals surface area contributed by atoms with Gasteiger partial charge in [-0.05, 0) is 6.92 Å². The molecule has 2 rings (SSSR count). The molecular formula is C12H15N3O. The fourth-order valence-electron chi connectivity index (χ4n) is 1.30. The summed E-state index contributed by atoms with van der Waals surface area (Å²) >= 11 is 0. The summed E-state index contributed by atoms with van der Waals surface area (Å²) in [5.41, 5.74) is 2.22. The number of aromatic nitrogens is 2. The van der Waals surface area contributed by atoms with Gasteiger partial charge in [-0.3, -0.25) is 0 Å². The third-order valence-electron chi connectivity index (χ3n) is 2.15. The molecule has 0 aliphatic carbocycles. The molecule has 0 saturated heterocycles. The van der Waals surface area contributed by atoms with Gasteiger partial charge in [0.25, 0.3) is 0 Å². The average Bonchev–Trinajstić information content (AvgIpc) is 2.30. The van der Waals surface area contributed by atoms with Gasteiger partial charge in [-0.1, -0.05) is 29.8 Å². The average molecular weight is 217 g/mol. The van der Waals surface area contributed by atoms with Crippen LogP contribution in [0.2, 0.25) is 0 Å². The quantitative estimate of drug-likeness (QED) is 0.839. The zero-order chi connectivity index (χ0) is 10.7. The zero-order valence-electron chi connectivity index (χ0n) is 9.47. The molecule has 2 aromatic rings. The number of nitrogens with zero attached hydrogens (tertiary/aromatic N) is 2. The molecule has 16 heavy (non-hydrogen) atoms. The molecule has 0 saturated carbocycles. The van der Waals surface area contributed by atoms with Gasteiger partial charge in [0.15, 0.2) is 5.82 Å². The van der Waals surface area contributed by atoms with E-state index in [1.165, 1.54) is 5.56 Å². The van der Waals surface area contributed by atoms with E-state index in [2.05, 4.69) is 16.9 Å². The van der Waals surface area contributed by atoms with E-state index in [1.54, 1.807) is 19.4 Å². The Hall–Kier alpha value is -1.94. The summed E-state index contributed by atoms with van der Waals surface area (Å²) in [6.07, 6.45) is 1.70. The minimum Gasteiger partial charge on any atom is -0.481 e. The molecule has 3 N–H and O–H groups in total. The van der Waals surface area contributed by atoms with Crippen molar-refractivity contribution >= 4 is 0 Å². The van der Waals surface area contributed by atoms with Crippen LogP contribution in [0.4, 0.5) is 0 Å². The van der Waals surface area contributed by atoms with Crippen molar-refractivity contribution in [1.82, 2.24) is 16.1 Å². The summed E-state index contributed by atoms with van der Waals surface area (Å²) < 4.78 is 5.05. The predicted molar refractivity (Wildman–Crippen MR) is 63.8 cm³/mol. The molecule has 0 radical (unpaired) electrons. The van der Waals surface area contributed by atoms with Crippen LogP contribution < -0.4 is 10.9 Å². The number of ether oxygens (including phenoxy) is 1. The molecule has 84 valence electrons. The summed E-state index contributed by atoms with van der Waals surface area (Å²) in [7, 11) is 1.60. The first-order valence-electron chi connectivity index (χ1n) is 4.73. The fraction of sp³-hybridized carbons (Fsp3) is 0.167. The maximum absolute atomic E-state index is 5.05. The summed E-state index contributed by atoms with van der Waals surface area (Å²) in [5.74, 6) is 1.27. The normalized spacial score (nSPS) is 9.38. The van der Waals surface area contributed by atoms with Crippen LogP contribution in [0.3, 0.4) is 0 Å². The highest BCUT2D eigenvalue weighted by Gasteiger charge is 2.01. The number of hydrogen-bond donors (Lipinski definition) is 1. The van der Waals surface area contributed by atoms with E-state index in [1.807, 2.05) is 24.3 Å². The lowest BCUT2D eigenvalue weighted by molar-refractivity contribution is 0.397. The van der Waals surface area contributed by atoms with Crippen LogP contribution in [0.15, 0.2) is 36.5 Å². The number of aryl methyl sites for hydroxylation is 1. The largest absolute Gasteiger partial charge is 0.481 e. The van der Waals surface area contributed by atoms with Crippen LogP contribution >= 0.6 is 0 Å². The fourth-order valence-corrected chi connectivity index (χ4v) is 1.30. The van der Waals surface area contributed by atoms with Crippen LogP contribution in [0.5, 0.6) is 5.88 Å². The maximum atomic E-state index is 5.05. The first-order valence-corrected chi connectivity index (χ1v) is 4.73. The maximum Gasteiger partial charge on any atom is 0.216 e. The van der Waals surface area contributed by atoms with E-state index in [0.717, 1.165) is 5.56 Å². The Kier molecular flexibility index (Phi) is 3.96. The van der Waals surface area contributed by atoms with Crippen molar-refractivity contribution in [2.75, 3.05) is 7.11 Å². The molecule has 0 atom stereocenters. The Labute approximate surface area is 94.9 Å². The van der Waals surface area contributed by atoms with Crippen LogP contribution in [0, 0.1) is 6.92 Å². The van der Waals surface area contributed by atoms with Crippen LogP contribution in [0.1, 0.15) is 5.56 Å². The monoisotopic (exact) mass is 217 g/mol. The molecule has 1 heterocycles. The molecule has 1 aromatic carbocycles. The van der Waals surface area contributed by atoms with E-state index < -0.39 is 0 Å². The molecule has 0 fully saturated rings.